The van der Waals surface area contributed by atoms with E-state index in [1.807, 2.05) is 13.1 Å². The van der Waals surface area contributed by atoms with Crippen LogP contribution in [0.1, 0.15) is 13.8 Å². The van der Waals surface area contributed by atoms with Crippen molar-refractivity contribution in [2.24, 2.45) is 0 Å². The van der Waals surface area contributed by atoms with Gasteiger partial charge in [-0.2, -0.15) is 4.31 Å². The summed E-state index contributed by atoms with van der Waals surface area (Å²) in [6, 6.07) is 7.33. The molecule has 0 spiro atoms. The van der Waals surface area contributed by atoms with Crippen LogP contribution in [0, 0.1) is 0 Å². The molecule has 0 aromatic heterocycles. The molecule has 1 saturated heterocycles. The number of nitrogens with zero attached hydrogens (tertiary/aromatic N) is 2. The Kier molecular flexibility index (Phi) is 4.35. The summed E-state index contributed by atoms with van der Waals surface area (Å²) < 4.78 is 27.6. The van der Waals surface area contributed by atoms with Crippen LogP contribution in [0.2, 0.25) is 0 Å². The van der Waals surface area contributed by atoms with Crippen molar-refractivity contribution in [3.8, 4) is 0 Å². The molecule has 0 amide bonds. The zero-order valence-electron chi connectivity index (χ0n) is 11.4. The van der Waals surface area contributed by atoms with Gasteiger partial charge in [-0.3, -0.25) is 4.90 Å². The van der Waals surface area contributed by atoms with Crippen LogP contribution < -0.4 is 0 Å². The van der Waals surface area contributed by atoms with Gasteiger partial charge in [0.05, 0.1) is 4.90 Å². The molecule has 19 heavy (non-hydrogen) atoms. The lowest BCUT2D eigenvalue weighted by Gasteiger charge is -2.41. The van der Waals surface area contributed by atoms with Gasteiger partial charge in [0, 0.05) is 29.6 Å². The molecule has 0 N–H and O–H groups in total. The van der Waals surface area contributed by atoms with Gasteiger partial charge in [-0.15, -0.1) is 0 Å². The summed E-state index contributed by atoms with van der Waals surface area (Å²) >= 11 is 3.32. The van der Waals surface area contributed by atoms with Gasteiger partial charge in [-0.05, 0) is 39.1 Å². The molecular weight excluding hydrogens is 328 g/mol. The van der Waals surface area contributed by atoms with Crippen LogP contribution in [-0.2, 0) is 10.0 Å². The summed E-state index contributed by atoms with van der Waals surface area (Å²) in [5, 5.41) is 0. The second kappa shape index (κ2) is 5.52. The van der Waals surface area contributed by atoms with Crippen molar-refractivity contribution in [3.63, 3.8) is 0 Å². The minimum atomic E-state index is -3.40. The van der Waals surface area contributed by atoms with Crippen LogP contribution in [0.4, 0.5) is 0 Å². The minimum absolute atomic E-state index is 0.227. The summed E-state index contributed by atoms with van der Waals surface area (Å²) in [5.74, 6) is 0. The van der Waals surface area contributed by atoms with E-state index in [0.29, 0.717) is 18.0 Å². The van der Waals surface area contributed by atoms with Gasteiger partial charge in [0.1, 0.15) is 0 Å². The number of halogens is 1. The molecule has 2 unspecified atom stereocenters. The number of hydrogen-bond acceptors (Lipinski definition) is 3. The topological polar surface area (TPSA) is 40.6 Å². The molecule has 2 atom stereocenters. The Balaban J connectivity index is 2.30. The Morgan fingerprint density at radius 2 is 1.79 bits per heavy atom. The van der Waals surface area contributed by atoms with Gasteiger partial charge in [0.15, 0.2) is 0 Å². The van der Waals surface area contributed by atoms with Crippen LogP contribution in [0.3, 0.4) is 0 Å². The molecule has 0 bridgehead atoms. The number of likely N-dealkylation sites (N-methyl/N-ethyl adjacent to an activating group) is 1. The molecule has 0 saturated carbocycles. The second-order valence-corrected chi connectivity index (χ2v) is 8.00. The van der Waals surface area contributed by atoms with E-state index in [9.17, 15) is 8.42 Å². The molecule has 1 aliphatic rings. The minimum Gasteiger partial charge on any atom is -0.298 e. The molecule has 2 rings (SSSR count). The molecule has 1 aromatic rings. The average Bonchev–Trinajstić information content (AvgIpc) is 2.35. The van der Waals surface area contributed by atoms with E-state index in [0.717, 1.165) is 4.47 Å². The highest BCUT2D eigenvalue weighted by Crippen LogP contribution is 2.24. The third-order valence-electron chi connectivity index (χ3n) is 3.76. The molecule has 1 heterocycles. The molecule has 106 valence electrons. The first kappa shape index (κ1) is 15.0. The molecule has 6 heteroatoms. The number of hydrogen-bond donors (Lipinski definition) is 0. The summed E-state index contributed by atoms with van der Waals surface area (Å²) in [5.41, 5.74) is 0. The Morgan fingerprint density at radius 3 is 2.32 bits per heavy atom. The van der Waals surface area contributed by atoms with Crippen LogP contribution >= 0.6 is 15.9 Å². The maximum Gasteiger partial charge on any atom is 0.243 e. The van der Waals surface area contributed by atoms with Crippen molar-refractivity contribution in [2.45, 2.75) is 30.8 Å². The Bertz CT molecular complexity index is 550. The second-order valence-electron chi connectivity index (χ2n) is 5.14. The molecular formula is C13H19BrN2O2S. The first-order chi connectivity index (χ1) is 8.82. The van der Waals surface area contributed by atoms with Gasteiger partial charge >= 0.3 is 0 Å². The van der Waals surface area contributed by atoms with Gasteiger partial charge in [-0.1, -0.05) is 22.0 Å². The molecule has 1 fully saturated rings. The van der Waals surface area contributed by atoms with Crippen molar-refractivity contribution in [1.29, 1.82) is 0 Å². The van der Waals surface area contributed by atoms with E-state index in [1.165, 1.54) is 0 Å². The Labute approximate surface area is 123 Å². The highest BCUT2D eigenvalue weighted by molar-refractivity contribution is 9.10. The standard InChI is InChI=1S/C13H19BrN2O2S/c1-10-8-16(9-11(2)15(10)3)19(17,18)13-6-4-5-12(14)7-13/h4-7,10-11H,8-9H2,1-3H3. The van der Waals surface area contributed by atoms with E-state index in [2.05, 4.69) is 34.7 Å². The van der Waals surface area contributed by atoms with E-state index >= 15 is 0 Å². The molecule has 4 nitrogen and oxygen atoms in total. The highest BCUT2D eigenvalue weighted by Gasteiger charge is 2.34. The number of benzene rings is 1. The summed E-state index contributed by atoms with van der Waals surface area (Å²) in [6.45, 7) is 5.18. The lowest BCUT2D eigenvalue weighted by molar-refractivity contribution is 0.105. The van der Waals surface area contributed by atoms with Gasteiger partial charge in [-0.25, -0.2) is 8.42 Å². The largest absolute Gasteiger partial charge is 0.298 e. The van der Waals surface area contributed by atoms with Crippen molar-refractivity contribution < 1.29 is 8.42 Å². The SMILES string of the molecule is CC1CN(S(=O)(=O)c2cccc(Br)c2)CC(C)N1C. The van der Waals surface area contributed by atoms with Gasteiger partial charge in [0.2, 0.25) is 10.0 Å². The van der Waals surface area contributed by atoms with Crippen LogP contribution in [-0.4, -0.2) is 49.8 Å². The lowest BCUT2D eigenvalue weighted by atomic mass is 10.1. The predicted molar refractivity (Wildman–Crippen MR) is 79.6 cm³/mol. The fraction of sp³-hybridized carbons (Fsp3) is 0.538. The van der Waals surface area contributed by atoms with E-state index in [-0.39, 0.29) is 12.1 Å². The first-order valence-corrected chi connectivity index (χ1v) is 8.53. The van der Waals surface area contributed by atoms with Crippen molar-refractivity contribution in [3.05, 3.63) is 28.7 Å². The molecule has 1 aromatic carbocycles. The molecule has 1 aliphatic heterocycles. The molecule has 0 aliphatic carbocycles. The maximum absolute atomic E-state index is 12.6. The quantitative estimate of drug-likeness (QED) is 0.823. The zero-order chi connectivity index (χ0) is 14.2. The predicted octanol–water partition coefficient (Wildman–Crippen LogP) is 2.16. The van der Waals surface area contributed by atoms with E-state index in [1.54, 1.807) is 22.5 Å². The third-order valence-corrected chi connectivity index (χ3v) is 6.08. The normalized spacial score (nSPS) is 26.5. The monoisotopic (exact) mass is 346 g/mol. The summed E-state index contributed by atoms with van der Waals surface area (Å²) in [6.07, 6.45) is 0. The van der Waals surface area contributed by atoms with Gasteiger partial charge in [0.25, 0.3) is 0 Å². The van der Waals surface area contributed by atoms with Crippen LogP contribution in [0.25, 0.3) is 0 Å². The van der Waals surface area contributed by atoms with Crippen LogP contribution in [0.15, 0.2) is 33.6 Å². The number of rotatable bonds is 2. The van der Waals surface area contributed by atoms with Crippen molar-refractivity contribution in [1.82, 2.24) is 9.21 Å². The summed E-state index contributed by atoms with van der Waals surface area (Å²) in [7, 11) is -1.36. The fourth-order valence-electron chi connectivity index (χ4n) is 2.33. The van der Waals surface area contributed by atoms with Gasteiger partial charge < -0.3 is 0 Å². The lowest BCUT2D eigenvalue weighted by Crippen LogP contribution is -2.56. The smallest absolute Gasteiger partial charge is 0.243 e. The number of piperazine rings is 1. The highest BCUT2D eigenvalue weighted by atomic mass is 79.9. The third kappa shape index (κ3) is 3.02. The van der Waals surface area contributed by atoms with Crippen molar-refractivity contribution >= 4 is 26.0 Å². The molecule has 0 radical (unpaired) electrons. The van der Waals surface area contributed by atoms with E-state index < -0.39 is 10.0 Å². The van der Waals surface area contributed by atoms with Crippen LogP contribution in [0.5, 0.6) is 0 Å². The Morgan fingerprint density at radius 1 is 1.21 bits per heavy atom. The zero-order valence-corrected chi connectivity index (χ0v) is 13.8. The fourth-order valence-corrected chi connectivity index (χ4v) is 4.53. The summed E-state index contributed by atoms with van der Waals surface area (Å²) in [4.78, 5) is 2.57. The Hall–Kier alpha value is -0.430. The first-order valence-electron chi connectivity index (χ1n) is 6.30. The van der Waals surface area contributed by atoms with E-state index in [4.69, 9.17) is 0 Å². The van der Waals surface area contributed by atoms with Crippen molar-refractivity contribution in [2.75, 3.05) is 20.1 Å². The average molecular weight is 347 g/mol. The number of sulfonamides is 1. The maximum atomic E-state index is 12.6.